The third kappa shape index (κ3) is 4.89. The molecule has 24 heavy (non-hydrogen) atoms. The van der Waals surface area contributed by atoms with Crippen molar-refractivity contribution in [1.29, 1.82) is 0 Å². The summed E-state index contributed by atoms with van der Waals surface area (Å²) in [6.45, 7) is 3.61. The highest BCUT2D eigenvalue weighted by Gasteiger charge is 2.17. The van der Waals surface area contributed by atoms with E-state index in [4.69, 9.17) is 0 Å². The van der Waals surface area contributed by atoms with Gasteiger partial charge in [0.15, 0.2) is 16.8 Å². The van der Waals surface area contributed by atoms with Gasteiger partial charge in [0.25, 0.3) is 5.56 Å². The second-order valence-corrected chi connectivity index (χ2v) is 6.50. The summed E-state index contributed by atoms with van der Waals surface area (Å²) < 4.78 is 26.0. The molecule has 2 aromatic rings. The predicted octanol–water partition coefficient (Wildman–Crippen LogP) is 3.12. The molecule has 0 aliphatic rings. The van der Waals surface area contributed by atoms with Crippen molar-refractivity contribution in [3.8, 4) is 0 Å². The van der Waals surface area contributed by atoms with Crippen LogP contribution in [0.2, 0.25) is 0 Å². The molecular weight excluding hydrogens is 336 g/mol. The summed E-state index contributed by atoms with van der Waals surface area (Å²) in [6, 6.07) is 4.55. The molecule has 0 fully saturated rings. The van der Waals surface area contributed by atoms with E-state index in [2.05, 4.69) is 15.3 Å². The van der Waals surface area contributed by atoms with Crippen LogP contribution >= 0.6 is 11.8 Å². The first-order valence-corrected chi connectivity index (χ1v) is 8.29. The van der Waals surface area contributed by atoms with Crippen molar-refractivity contribution in [2.45, 2.75) is 37.1 Å². The van der Waals surface area contributed by atoms with Gasteiger partial charge in [-0.05, 0) is 25.5 Å². The van der Waals surface area contributed by atoms with Gasteiger partial charge in [0.2, 0.25) is 5.91 Å². The fraction of sp³-hybridized carbons (Fsp3) is 0.312. The molecule has 0 saturated carbocycles. The average Bonchev–Trinajstić information content (AvgIpc) is 2.50. The Morgan fingerprint density at radius 3 is 2.75 bits per heavy atom. The third-order valence-electron chi connectivity index (χ3n) is 3.12. The van der Waals surface area contributed by atoms with E-state index in [1.807, 2.05) is 6.92 Å². The second kappa shape index (κ2) is 8.05. The number of rotatable bonds is 6. The van der Waals surface area contributed by atoms with Gasteiger partial charge in [-0.3, -0.25) is 9.59 Å². The minimum absolute atomic E-state index is 0.160. The maximum Gasteiger partial charge on any atom is 0.251 e. The van der Waals surface area contributed by atoms with Gasteiger partial charge in [0, 0.05) is 23.5 Å². The number of carbonyl (C=O) groups is 1. The van der Waals surface area contributed by atoms with Gasteiger partial charge >= 0.3 is 0 Å². The van der Waals surface area contributed by atoms with Crippen LogP contribution in [-0.2, 0) is 11.2 Å². The summed E-state index contributed by atoms with van der Waals surface area (Å²) >= 11 is 1.09. The van der Waals surface area contributed by atoms with Crippen LogP contribution in [0.1, 0.15) is 26.0 Å². The molecule has 0 unspecified atom stereocenters. The molecule has 2 rings (SSSR count). The van der Waals surface area contributed by atoms with Crippen LogP contribution in [0, 0.1) is 11.6 Å². The molecule has 1 atom stereocenters. The molecule has 0 spiro atoms. The quantitative estimate of drug-likeness (QED) is 0.618. The smallest absolute Gasteiger partial charge is 0.251 e. The zero-order valence-corrected chi connectivity index (χ0v) is 14.0. The molecule has 128 valence electrons. The standard InChI is InChI=1S/C16H17F2N3O2S/c1-3-4-10-8-14(22)21-16(20-10)24-9(2)15(23)19-11-5-6-12(17)13(18)7-11/h5-9H,3-4H2,1-2H3,(H,19,23)(H,20,21,22)/t9-/m0/s1. The maximum absolute atomic E-state index is 13.2. The first-order valence-electron chi connectivity index (χ1n) is 7.42. The van der Waals surface area contributed by atoms with E-state index in [0.717, 1.165) is 30.3 Å². The van der Waals surface area contributed by atoms with Crippen molar-refractivity contribution in [1.82, 2.24) is 9.97 Å². The van der Waals surface area contributed by atoms with Gasteiger partial charge in [0.05, 0.1) is 5.25 Å². The van der Waals surface area contributed by atoms with Crippen LogP contribution in [0.15, 0.2) is 34.2 Å². The number of H-pyrrole nitrogens is 1. The van der Waals surface area contributed by atoms with E-state index in [-0.39, 0.29) is 11.2 Å². The molecular formula is C16H17F2N3O2S. The van der Waals surface area contributed by atoms with Crippen molar-refractivity contribution in [3.05, 3.63) is 51.9 Å². The fourth-order valence-electron chi connectivity index (χ4n) is 1.96. The molecule has 0 aliphatic heterocycles. The molecule has 0 aliphatic carbocycles. The molecule has 1 heterocycles. The van der Waals surface area contributed by atoms with E-state index in [0.29, 0.717) is 17.3 Å². The Hall–Kier alpha value is -2.22. The molecule has 0 bridgehead atoms. The minimum Gasteiger partial charge on any atom is -0.325 e. The second-order valence-electron chi connectivity index (χ2n) is 5.17. The van der Waals surface area contributed by atoms with Gasteiger partial charge in [-0.1, -0.05) is 25.1 Å². The van der Waals surface area contributed by atoms with Crippen molar-refractivity contribution in [3.63, 3.8) is 0 Å². The number of anilines is 1. The number of benzene rings is 1. The first kappa shape index (κ1) is 18.1. The molecule has 1 aromatic heterocycles. The third-order valence-corrected chi connectivity index (χ3v) is 4.11. The summed E-state index contributed by atoms with van der Waals surface area (Å²) in [5.41, 5.74) is 0.550. The lowest BCUT2D eigenvalue weighted by Gasteiger charge is -2.12. The van der Waals surface area contributed by atoms with E-state index in [9.17, 15) is 18.4 Å². The highest BCUT2D eigenvalue weighted by Crippen LogP contribution is 2.21. The first-order chi connectivity index (χ1) is 11.4. The number of carbonyl (C=O) groups excluding carboxylic acids is 1. The zero-order chi connectivity index (χ0) is 17.7. The lowest BCUT2D eigenvalue weighted by atomic mass is 10.2. The van der Waals surface area contributed by atoms with Crippen molar-refractivity contribution >= 4 is 23.4 Å². The lowest BCUT2D eigenvalue weighted by Crippen LogP contribution is -2.23. The number of halogens is 2. The van der Waals surface area contributed by atoms with Gasteiger partial charge in [0.1, 0.15) is 0 Å². The number of aromatic nitrogens is 2. The van der Waals surface area contributed by atoms with E-state index in [1.54, 1.807) is 6.92 Å². The maximum atomic E-state index is 13.2. The number of nitrogens with zero attached hydrogens (tertiary/aromatic N) is 1. The molecule has 1 amide bonds. The Bertz CT molecular complexity index is 795. The number of aromatic amines is 1. The van der Waals surface area contributed by atoms with Gasteiger partial charge in [-0.15, -0.1) is 0 Å². The number of hydrogen-bond acceptors (Lipinski definition) is 4. The van der Waals surface area contributed by atoms with Crippen LogP contribution in [0.5, 0.6) is 0 Å². The summed E-state index contributed by atoms with van der Waals surface area (Å²) in [5.74, 6) is -2.43. The van der Waals surface area contributed by atoms with E-state index in [1.165, 1.54) is 12.1 Å². The Morgan fingerprint density at radius 2 is 2.08 bits per heavy atom. The van der Waals surface area contributed by atoms with Crippen molar-refractivity contribution in [2.24, 2.45) is 0 Å². The molecule has 1 aromatic carbocycles. The van der Waals surface area contributed by atoms with Gasteiger partial charge < -0.3 is 10.3 Å². The molecule has 8 heteroatoms. The van der Waals surface area contributed by atoms with Crippen molar-refractivity contribution in [2.75, 3.05) is 5.32 Å². The number of thioether (sulfide) groups is 1. The van der Waals surface area contributed by atoms with Gasteiger partial charge in [-0.2, -0.15) is 0 Å². The SMILES string of the molecule is CCCc1cc(=O)[nH]c(S[C@@H](C)C(=O)Nc2ccc(F)c(F)c2)n1. The van der Waals surface area contributed by atoms with E-state index < -0.39 is 22.8 Å². The van der Waals surface area contributed by atoms with Crippen LogP contribution in [0.25, 0.3) is 0 Å². The Morgan fingerprint density at radius 1 is 1.33 bits per heavy atom. The Balaban J connectivity index is 2.05. The Kier molecular flexibility index (Phi) is 6.08. The predicted molar refractivity (Wildman–Crippen MR) is 89.2 cm³/mol. The lowest BCUT2D eigenvalue weighted by molar-refractivity contribution is -0.115. The van der Waals surface area contributed by atoms with Crippen LogP contribution < -0.4 is 10.9 Å². The summed E-state index contributed by atoms with van der Waals surface area (Å²) in [6.07, 6.45) is 1.53. The summed E-state index contributed by atoms with van der Waals surface area (Å²) in [7, 11) is 0. The van der Waals surface area contributed by atoms with Crippen LogP contribution in [-0.4, -0.2) is 21.1 Å². The zero-order valence-electron chi connectivity index (χ0n) is 13.2. The summed E-state index contributed by atoms with van der Waals surface area (Å²) in [4.78, 5) is 30.6. The number of amides is 1. The Labute approximate surface area is 141 Å². The van der Waals surface area contributed by atoms with Gasteiger partial charge in [-0.25, -0.2) is 13.8 Å². The molecule has 0 radical (unpaired) electrons. The molecule has 5 nitrogen and oxygen atoms in total. The average molecular weight is 353 g/mol. The topological polar surface area (TPSA) is 74.8 Å². The number of nitrogens with one attached hydrogen (secondary N) is 2. The van der Waals surface area contributed by atoms with Crippen molar-refractivity contribution < 1.29 is 13.6 Å². The highest BCUT2D eigenvalue weighted by molar-refractivity contribution is 8.00. The van der Waals surface area contributed by atoms with Crippen LogP contribution in [0.3, 0.4) is 0 Å². The normalized spacial score (nSPS) is 12.0. The van der Waals surface area contributed by atoms with E-state index >= 15 is 0 Å². The molecule has 2 N–H and O–H groups in total. The fourth-order valence-corrected chi connectivity index (χ4v) is 2.79. The minimum atomic E-state index is -1.04. The molecule has 0 saturated heterocycles. The highest BCUT2D eigenvalue weighted by atomic mass is 32.2. The monoisotopic (exact) mass is 353 g/mol. The number of aryl methyl sites for hydroxylation is 1. The number of hydrogen-bond donors (Lipinski definition) is 2. The van der Waals surface area contributed by atoms with Crippen LogP contribution in [0.4, 0.5) is 14.5 Å². The largest absolute Gasteiger partial charge is 0.325 e. The summed E-state index contributed by atoms with van der Waals surface area (Å²) in [5, 5.41) is 2.26.